The van der Waals surface area contributed by atoms with E-state index in [1.165, 1.54) is 0 Å². The first-order valence-corrected chi connectivity index (χ1v) is 6.29. The summed E-state index contributed by atoms with van der Waals surface area (Å²) in [5.74, 6) is -0.775. The van der Waals surface area contributed by atoms with Gasteiger partial charge in [0, 0.05) is 19.1 Å². The minimum absolute atomic E-state index is 0.0581. The first kappa shape index (κ1) is 14.5. The molecule has 1 rings (SSSR count). The van der Waals surface area contributed by atoms with Gasteiger partial charge < -0.3 is 15.3 Å². The highest BCUT2D eigenvalue weighted by Crippen LogP contribution is 2.30. The van der Waals surface area contributed by atoms with Gasteiger partial charge in [0.1, 0.15) is 0 Å². The minimum atomic E-state index is -0.775. The van der Waals surface area contributed by atoms with E-state index in [9.17, 15) is 9.59 Å². The molecule has 0 aromatic heterocycles. The average Bonchev–Trinajstić information content (AvgIpc) is 2.29. The van der Waals surface area contributed by atoms with E-state index in [0.29, 0.717) is 25.9 Å². The molecule has 2 amide bonds. The second kappa shape index (κ2) is 5.89. The van der Waals surface area contributed by atoms with Crippen LogP contribution < -0.4 is 5.32 Å². The van der Waals surface area contributed by atoms with Crippen LogP contribution in [0.4, 0.5) is 4.79 Å². The topological polar surface area (TPSA) is 69.6 Å². The Morgan fingerprint density at radius 1 is 1.50 bits per heavy atom. The van der Waals surface area contributed by atoms with Crippen molar-refractivity contribution in [2.24, 2.45) is 5.41 Å². The maximum atomic E-state index is 11.9. The number of nitrogens with zero attached hydrogens (tertiary/aromatic N) is 1. The number of urea groups is 1. The molecule has 1 aliphatic rings. The molecule has 1 fully saturated rings. The van der Waals surface area contributed by atoms with Crippen LogP contribution in [0.3, 0.4) is 0 Å². The van der Waals surface area contributed by atoms with Crippen molar-refractivity contribution in [1.29, 1.82) is 0 Å². The average molecular weight is 254 g/mol. The zero-order chi connectivity index (χ0) is 13.8. The van der Waals surface area contributed by atoms with E-state index < -0.39 is 11.4 Å². The van der Waals surface area contributed by atoms with Crippen molar-refractivity contribution >= 4 is 12.0 Å². The van der Waals surface area contributed by atoms with Crippen LogP contribution >= 0.6 is 0 Å². The number of carboxylic acids is 1. The minimum Gasteiger partial charge on any atom is -0.481 e. The van der Waals surface area contributed by atoms with Crippen LogP contribution in [0.15, 0.2) is 12.7 Å². The molecule has 5 nitrogen and oxygen atoms in total. The van der Waals surface area contributed by atoms with Gasteiger partial charge in [-0.25, -0.2) is 4.79 Å². The Morgan fingerprint density at radius 3 is 2.50 bits per heavy atom. The summed E-state index contributed by atoms with van der Waals surface area (Å²) in [5, 5.41) is 12.0. The van der Waals surface area contributed by atoms with Gasteiger partial charge >= 0.3 is 12.0 Å². The van der Waals surface area contributed by atoms with E-state index in [-0.39, 0.29) is 12.1 Å². The van der Waals surface area contributed by atoms with Gasteiger partial charge in [-0.05, 0) is 33.1 Å². The van der Waals surface area contributed by atoms with E-state index in [0.717, 1.165) is 6.42 Å². The first-order chi connectivity index (χ1) is 8.39. The molecule has 1 atom stereocenters. The van der Waals surface area contributed by atoms with Gasteiger partial charge in [-0.1, -0.05) is 6.08 Å². The lowest BCUT2D eigenvalue weighted by Gasteiger charge is -2.36. The predicted molar refractivity (Wildman–Crippen MR) is 69.4 cm³/mol. The highest BCUT2D eigenvalue weighted by atomic mass is 16.4. The molecule has 0 saturated carbocycles. The van der Waals surface area contributed by atoms with Gasteiger partial charge in [-0.15, -0.1) is 6.58 Å². The van der Waals surface area contributed by atoms with Crippen molar-refractivity contribution in [2.45, 2.75) is 39.2 Å². The SMILES string of the molecule is C=CCC(C)NC(=O)N1CCC(C)(C(=O)O)CC1. The summed E-state index contributed by atoms with van der Waals surface area (Å²) < 4.78 is 0. The Morgan fingerprint density at radius 2 is 2.06 bits per heavy atom. The zero-order valence-electron chi connectivity index (χ0n) is 11.1. The van der Waals surface area contributed by atoms with Crippen molar-refractivity contribution in [2.75, 3.05) is 13.1 Å². The number of aliphatic carboxylic acids is 1. The lowest BCUT2D eigenvalue weighted by atomic mass is 9.80. The molecule has 0 radical (unpaired) electrons. The fourth-order valence-corrected chi connectivity index (χ4v) is 2.03. The molecule has 1 aliphatic heterocycles. The van der Waals surface area contributed by atoms with Crippen molar-refractivity contribution in [1.82, 2.24) is 10.2 Å². The molecular weight excluding hydrogens is 232 g/mol. The number of likely N-dealkylation sites (tertiary alicyclic amines) is 1. The second-order valence-electron chi connectivity index (χ2n) is 5.23. The first-order valence-electron chi connectivity index (χ1n) is 6.29. The molecule has 0 aliphatic carbocycles. The van der Waals surface area contributed by atoms with Crippen LogP contribution in [0.2, 0.25) is 0 Å². The molecule has 0 bridgehead atoms. The fourth-order valence-electron chi connectivity index (χ4n) is 2.03. The van der Waals surface area contributed by atoms with Gasteiger partial charge in [-0.2, -0.15) is 0 Å². The van der Waals surface area contributed by atoms with E-state index >= 15 is 0 Å². The maximum Gasteiger partial charge on any atom is 0.317 e. The molecule has 0 aromatic carbocycles. The summed E-state index contributed by atoms with van der Waals surface area (Å²) >= 11 is 0. The van der Waals surface area contributed by atoms with Crippen molar-refractivity contribution < 1.29 is 14.7 Å². The maximum absolute atomic E-state index is 11.9. The number of hydrogen-bond donors (Lipinski definition) is 2. The number of nitrogens with one attached hydrogen (secondary N) is 1. The predicted octanol–water partition coefficient (Wildman–Crippen LogP) is 1.85. The number of rotatable bonds is 4. The summed E-state index contributed by atoms with van der Waals surface area (Å²) in [6.45, 7) is 8.28. The Kier molecular flexibility index (Phi) is 4.76. The lowest BCUT2D eigenvalue weighted by molar-refractivity contribution is -0.150. The van der Waals surface area contributed by atoms with Crippen LogP contribution in [0.1, 0.15) is 33.1 Å². The molecule has 0 spiro atoms. The highest BCUT2D eigenvalue weighted by molar-refractivity contribution is 5.77. The van der Waals surface area contributed by atoms with E-state index in [2.05, 4.69) is 11.9 Å². The molecule has 2 N–H and O–H groups in total. The van der Waals surface area contributed by atoms with Gasteiger partial charge in [0.2, 0.25) is 0 Å². The Hall–Kier alpha value is -1.52. The normalized spacial score (nSPS) is 20.0. The van der Waals surface area contributed by atoms with E-state index in [1.54, 1.807) is 17.9 Å². The molecular formula is C13H22N2O3. The molecule has 1 saturated heterocycles. The Labute approximate surface area is 108 Å². The smallest absolute Gasteiger partial charge is 0.317 e. The highest BCUT2D eigenvalue weighted by Gasteiger charge is 2.38. The van der Waals surface area contributed by atoms with Crippen LogP contribution in [0.25, 0.3) is 0 Å². The monoisotopic (exact) mass is 254 g/mol. The van der Waals surface area contributed by atoms with Gasteiger partial charge in [0.05, 0.1) is 5.41 Å². The summed E-state index contributed by atoms with van der Waals surface area (Å²) in [6, 6.07) is -0.0560. The molecule has 18 heavy (non-hydrogen) atoms. The van der Waals surface area contributed by atoms with Crippen molar-refractivity contribution in [3.8, 4) is 0 Å². The summed E-state index contributed by atoms with van der Waals surface area (Å²) in [6.07, 6.45) is 3.51. The molecule has 102 valence electrons. The number of carboxylic acid groups (broad SMARTS) is 1. The van der Waals surface area contributed by atoms with Crippen LogP contribution in [0.5, 0.6) is 0 Å². The fraction of sp³-hybridized carbons (Fsp3) is 0.692. The summed E-state index contributed by atoms with van der Waals surface area (Å²) in [4.78, 5) is 24.7. The third-order valence-electron chi connectivity index (χ3n) is 3.56. The third kappa shape index (κ3) is 3.48. The third-order valence-corrected chi connectivity index (χ3v) is 3.56. The standard InChI is InChI=1S/C13H22N2O3/c1-4-5-10(2)14-12(18)15-8-6-13(3,7-9-15)11(16)17/h4,10H,1,5-9H2,2-3H3,(H,14,18)(H,16,17). The van der Waals surface area contributed by atoms with Crippen molar-refractivity contribution in [3.63, 3.8) is 0 Å². The molecule has 1 heterocycles. The van der Waals surface area contributed by atoms with Crippen LogP contribution in [-0.4, -0.2) is 41.1 Å². The second-order valence-corrected chi connectivity index (χ2v) is 5.23. The molecule has 0 aromatic rings. The van der Waals surface area contributed by atoms with Gasteiger partial charge in [0.15, 0.2) is 0 Å². The van der Waals surface area contributed by atoms with Crippen LogP contribution in [0, 0.1) is 5.41 Å². The zero-order valence-corrected chi connectivity index (χ0v) is 11.1. The van der Waals surface area contributed by atoms with E-state index in [1.807, 2.05) is 6.92 Å². The quantitative estimate of drug-likeness (QED) is 0.752. The number of piperidine rings is 1. The Bertz CT molecular complexity index is 333. The number of amides is 2. The Balaban J connectivity index is 2.45. The number of carbonyl (C=O) groups excluding carboxylic acids is 1. The van der Waals surface area contributed by atoms with E-state index in [4.69, 9.17) is 5.11 Å². The number of carbonyl (C=O) groups is 2. The largest absolute Gasteiger partial charge is 0.481 e. The molecule has 5 heteroatoms. The summed E-state index contributed by atoms with van der Waals surface area (Å²) in [5.41, 5.74) is -0.691. The van der Waals surface area contributed by atoms with Gasteiger partial charge in [-0.3, -0.25) is 4.79 Å². The summed E-state index contributed by atoms with van der Waals surface area (Å²) in [7, 11) is 0. The van der Waals surface area contributed by atoms with Gasteiger partial charge in [0.25, 0.3) is 0 Å². The lowest BCUT2D eigenvalue weighted by Crippen LogP contribution is -2.50. The molecule has 1 unspecified atom stereocenters. The van der Waals surface area contributed by atoms with Crippen molar-refractivity contribution in [3.05, 3.63) is 12.7 Å². The number of hydrogen-bond acceptors (Lipinski definition) is 2. The van der Waals surface area contributed by atoms with Crippen LogP contribution in [-0.2, 0) is 4.79 Å².